The molecule has 0 spiro atoms. The zero-order valence-corrected chi connectivity index (χ0v) is 27.1. The second-order valence-electron chi connectivity index (χ2n) is 13.0. The van der Waals surface area contributed by atoms with E-state index in [-0.39, 0.29) is 11.9 Å². The van der Waals surface area contributed by atoms with Gasteiger partial charge in [0.25, 0.3) is 0 Å². The summed E-state index contributed by atoms with van der Waals surface area (Å²) in [5.41, 5.74) is 1.28. The molecule has 48 heavy (non-hydrogen) atoms. The summed E-state index contributed by atoms with van der Waals surface area (Å²) in [6.07, 6.45) is 8.40. The summed E-state index contributed by atoms with van der Waals surface area (Å²) >= 11 is 0. The first-order valence-electron chi connectivity index (χ1n) is 17.3. The first kappa shape index (κ1) is 30.1. The van der Waals surface area contributed by atoms with Crippen molar-refractivity contribution in [2.75, 3.05) is 13.2 Å². The van der Waals surface area contributed by atoms with Crippen molar-refractivity contribution in [3.63, 3.8) is 0 Å². The second kappa shape index (κ2) is 13.1. The first-order chi connectivity index (χ1) is 23.7. The Bertz CT molecular complexity index is 2200. The van der Waals surface area contributed by atoms with Gasteiger partial charge in [-0.15, -0.1) is 0 Å². The maximum Gasteiger partial charge on any atom is 0.338 e. The predicted molar refractivity (Wildman–Crippen MR) is 198 cm³/mol. The van der Waals surface area contributed by atoms with Gasteiger partial charge in [0.2, 0.25) is 0 Å². The highest BCUT2D eigenvalue weighted by atomic mass is 16.5. The van der Waals surface area contributed by atoms with Gasteiger partial charge in [-0.05, 0) is 89.6 Å². The van der Waals surface area contributed by atoms with Crippen LogP contribution in [-0.2, 0) is 9.47 Å². The molecule has 0 radical (unpaired) electrons. The number of carbonyl (C=O) groups is 2. The molecule has 0 saturated carbocycles. The molecule has 0 bridgehead atoms. The number of rotatable bonds is 13. The van der Waals surface area contributed by atoms with E-state index in [1.807, 2.05) is 24.3 Å². The van der Waals surface area contributed by atoms with Gasteiger partial charge in [0.15, 0.2) is 0 Å². The van der Waals surface area contributed by atoms with Gasteiger partial charge in [-0.2, -0.15) is 0 Å². The molecule has 8 rings (SSSR count). The van der Waals surface area contributed by atoms with Crippen molar-refractivity contribution in [2.24, 2.45) is 0 Å². The Balaban J connectivity index is 0.742. The predicted octanol–water partition coefficient (Wildman–Crippen LogP) is 11.6. The normalized spacial score (nSPS) is 11.9. The number of hydrogen-bond donors (Lipinski definition) is 0. The van der Waals surface area contributed by atoms with Crippen LogP contribution in [0.1, 0.15) is 72.1 Å². The van der Waals surface area contributed by atoms with Gasteiger partial charge in [-0.3, -0.25) is 0 Å². The van der Waals surface area contributed by atoms with Gasteiger partial charge >= 0.3 is 11.9 Å². The SMILES string of the molecule is O=C(OCCCCCCCCCCOC(=O)c1ccc2ccc3cccc4ccc1c2c34)c1ccc2ccc3cccc4ccc1c2c34. The smallest absolute Gasteiger partial charge is 0.338 e. The number of hydrogen-bond acceptors (Lipinski definition) is 4. The number of unbranched alkanes of at least 4 members (excludes halogenated alkanes) is 7. The molecule has 0 atom stereocenters. The molecule has 4 nitrogen and oxygen atoms in total. The van der Waals surface area contributed by atoms with Crippen LogP contribution in [0.5, 0.6) is 0 Å². The third kappa shape index (κ3) is 5.56. The Hall–Kier alpha value is -5.22. The van der Waals surface area contributed by atoms with Crippen LogP contribution in [0.15, 0.2) is 109 Å². The summed E-state index contributed by atoms with van der Waals surface area (Å²) in [6, 6.07) is 37.4. The molecule has 0 amide bonds. The average Bonchev–Trinajstić information content (AvgIpc) is 3.13. The van der Waals surface area contributed by atoms with Crippen LogP contribution in [0.4, 0.5) is 0 Å². The number of carbonyl (C=O) groups excluding carboxylic acids is 2. The van der Waals surface area contributed by atoms with Crippen molar-refractivity contribution >= 4 is 76.6 Å². The fraction of sp³-hybridized carbons (Fsp3) is 0.227. The minimum atomic E-state index is -0.243. The van der Waals surface area contributed by atoms with E-state index in [1.165, 1.54) is 32.3 Å². The fourth-order valence-electron chi connectivity index (χ4n) is 7.58. The summed E-state index contributed by atoms with van der Waals surface area (Å²) in [4.78, 5) is 26.1. The molecular weight excluding hydrogens is 592 g/mol. The van der Waals surface area contributed by atoms with Crippen LogP contribution >= 0.6 is 0 Å². The molecule has 0 unspecified atom stereocenters. The van der Waals surface area contributed by atoms with E-state index in [0.717, 1.165) is 83.7 Å². The largest absolute Gasteiger partial charge is 0.462 e. The lowest BCUT2D eigenvalue weighted by Gasteiger charge is -2.13. The van der Waals surface area contributed by atoms with Crippen molar-refractivity contribution < 1.29 is 19.1 Å². The zero-order chi connectivity index (χ0) is 32.5. The van der Waals surface area contributed by atoms with E-state index in [0.29, 0.717) is 24.3 Å². The van der Waals surface area contributed by atoms with Gasteiger partial charge < -0.3 is 9.47 Å². The molecule has 238 valence electrons. The van der Waals surface area contributed by atoms with Gasteiger partial charge in [0.1, 0.15) is 0 Å². The van der Waals surface area contributed by atoms with Crippen LogP contribution < -0.4 is 0 Å². The first-order valence-corrected chi connectivity index (χ1v) is 17.3. The summed E-state index contributed by atoms with van der Waals surface area (Å²) < 4.78 is 11.4. The maximum atomic E-state index is 13.1. The molecule has 8 aromatic carbocycles. The van der Waals surface area contributed by atoms with E-state index < -0.39 is 0 Å². The lowest BCUT2D eigenvalue weighted by Crippen LogP contribution is -2.07. The van der Waals surface area contributed by atoms with Crippen molar-refractivity contribution in [2.45, 2.75) is 51.4 Å². The van der Waals surface area contributed by atoms with Crippen molar-refractivity contribution in [3.05, 3.63) is 120 Å². The van der Waals surface area contributed by atoms with Gasteiger partial charge in [-0.25, -0.2) is 9.59 Å². The quantitative estimate of drug-likeness (QED) is 0.0722. The zero-order valence-electron chi connectivity index (χ0n) is 27.1. The molecule has 0 aliphatic carbocycles. The van der Waals surface area contributed by atoms with E-state index in [9.17, 15) is 9.59 Å². The highest BCUT2D eigenvalue weighted by Gasteiger charge is 2.17. The molecule has 0 aliphatic rings. The van der Waals surface area contributed by atoms with Gasteiger partial charge in [0, 0.05) is 0 Å². The Morgan fingerprint density at radius 3 is 1.06 bits per heavy atom. The molecular formula is C44H38O4. The molecule has 0 aliphatic heterocycles. The third-order valence-electron chi connectivity index (χ3n) is 10.0. The molecule has 8 aromatic rings. The van der Waals surface area contributed by atoms with E-state index in [1.54, 1.807) is 0 Å². The van der Waals surface area contributed by atoms with Crippen molar-refractivity contribution in [1.29, 1.82) is 0 Å². The van der Waals surface area contributed by atoms with Crippen LogP contribution in [0.25, 0.3) is 64.6 Å². The third-order valence-corrected chi connectivity index (χ3v) is 10.0. The Kier molecular flexibility index (Phi) is 8.24. The van der Waals surface area contributed by atoms with Crippen molar-refractivity contribution in [3.8, 4) is 0 Å². The molecule has 4 heteroatoms. The maximum absolute atomic E-state index is 13.1. The van der Waals surface area contributed by atoms with E-state index in [4.69, 9.17) is 9.47 Å². The summed E-state index contributed by atoms with van der Waals surface area (Å²) in [7, 11) is 0. The monoisotopic (exact) mass is 630 g/mol. The standard InChI is InChI=1S/C44H38O4/c45-43(37-25-21-33-17-15-29-11-9-13-31-19-23-35(37)41(33)39(29)31)47-27-7-5-3-1-2-4-6-8-28-48-44(46)38-26-22-34-18-16-30-12-10-14-32-20-24-36(38)42(34)40(30)32/h9-26H,1-8,27-28H2. The average molecular weight is 631 g/mol. The topological polar surface area (TPSA) is 52.6 Å². The number of ether oxygens (including phenoxy) is 2. The van der Waals surface area contributed by atoms with Crippen molar-refractivity contribution in [1.82, 2.24) is 0 Å². The number of esters is 2. The van der Waals surface area contributed by atoms with Gasteiger partial charge in [0.05, 0.1) is 24.3 Å². The number of benzene rings is 8. The van der Waals surface area contributed by atoms with E-state index in [2.05, 4.69) is 84.9 Å². The van der Waals surface area contributed by atoms with Gasteiger partial charge in [-0.1, -0.05) is 136 Å². The van der Waals surface area contributed by atoms with Crippen LogP contribution in [0.3, 0.4) is 0 Å². The minimum Gasteiger partial charge on any atom is -0.462 e. The molecule has 0 aromatic heterocycles. The molecule has 0 N–H and O–H groups in total. The highest BCUT2D eigenvalue weighted by molar-refractivity contribution is 6.27. The summed E-state index contributed by atoms with van der Waals surface area (Å²) in [6.45, 7) is 0.885. The van der Waals surface area contributed by atoms with Crippen LogP contribution in [-0.4, -0.2) is 25.2 Å². The molecule has 0 fully saturated rings. The lowest BCUT2D eigenvalue weighted by atomic mass is 9.92. The Labute approximate surface area is 279 Å². The lowest BCUT2D eigenvalue weighted by molar-refractivity contribution is 0.0489. The van der Waals surface area contributed by atoms with Crippen LogP contribution in [0.2, 0.25) is 0 Å². The molecule has 0 heterocycles. The highest BCUT2D eigenvalue weighted by Crippen LogP contribution is 2.37. The fourth-order valence-corrected chi connectivity index (χ4v) is 7.58. The minimum absolute atomic E-state index is 0.243. The summed E-state index contributed by atoms with van der Waals surface area (Å²) in [5, 5.41) is 13.7. The Morgan fingerprint density at radius 1 is 0.354 bits per heavy atom. The summed E-state index contributed by atoms with van der Waals surface area (Å²) in [5.74, 6) is -0.486. The second-order valence-corrected chi connectivity index (χ2v) is 13.0. The van der Waals surface area contributed by atoms with Crippen LogP contribution in [0, 0.1) is 0 Å². The molecule has 0 saturated heterocycles. The Morgan fingerprint density at radius 2 is 0.667 bits per heavy atom. The van der Waals surface area contributed by atoms with E-state index >= 15 is 0 Å².